The highest BCUT2D eigenvalue weighted by Gasteiger charge is 2.32. The SMILES string of the molecule is CN(C(=O)ON(C(=O)NCC1CC1)c1ccc(-c2nc(N3CCOCC3)c3cnn(C4CCN(Cc5ccccc5)CC4)c3n2)cc1)c1ccc(-c2nc(N3CCOCC3)c3cnn(C4CCN(C(=O)c5cccnc5)CC4)c3n2)cc1. The molecular weight excluding hydrogens is 1040 g/mol. The average molecular weight is 1110 g/mol. The third-order valence-electron chi connectivity index (χ3n) is 16.4. The smallest absolute Gasteiger partial charge is 0.378 e. The van der Waals surface area contributed by atoms with Gasteiger partial charge in [-0.05, 0) is 111 Å². The van der Waals surface area contributed by atoms with Gasteiger partial charge in [-0.2, -0.15) is 10.2 Å². The maximum absolute atomic E-state index is 14.2. The first-order valence-electron chi connectivity index (χ1n) is 28.6. The van der Waals surface area contributed by atoms with E-state index in [2.05, 4.69) is 60.0 Å². The highest BCUT2D eigenvalue weighted by atomic mass is 16.7. The molecule has 0 atom stereocenters. The van der Waals surface area contributed by atoms with Crippen LogP contribution >= 0.6 is 0 Å². The molecule has 13 rings (SSSR count). The number of anilines is 4. The molecule has 5 fully saturated rings. The summed E-state index contributed by atoms with van der Waals surface area (Å²) in [5.74, 6) is 2.97. The van der Waals surface area contributed by atoms with Crippen LogP contribution in [0, 0.1) is 5.92 Å². The molecule has 0 unspecified atom stereocenters. The second-order valence-electron chi connectivity index (χ2n) is 21.8. The van der Waals surface area contributed by atoms with Gasteiger partial charge in [-0.25, -0.2) is 38.9 Å². The molecular formula is C60H66N16O6. The van der Waals surface area contributed by atoms with Crippen LogP contribution in [0.3, 0.4) is 0 Å². The fraction of sp³-hybridized carbons (Fsp3) is 0.400. The van der Waals surface area contributed by atoms with Crippen LogP contribution in [0.2, 0.25) is 0 Å². The van der Waals surface area contributed by atoms with Crippen LogP contribution in [0.15, 0.2) is 116 Å². The Kier molecular flexibility index (Phi) is 15.1. The molecule has 1 N–H and O–H groups in total. The highest BCUT2D eigenvalue weighted by molar-refractivity contribution is 5.96. The van der Waals surface area contributed by atoms with Crippen LogP contribution in [-0.4, -0.2) is 165 Å². The lowest BCUT2D eigenvalue weighted by Gasteiger charge is -2.32. The molecule has 0 spiro atoms. The van der Waals surface area contributed by atoms with Crippen molar-refractivity contribution in [1.29, 1.82) is 0 Å². The van der Waals surface area contributed by atoms with Crippen LogP contribution in [0.1, 0.15) is 66.5 Å². The summed E-state index contributed by atoms with van der Waals surface area (Å²) in [6, 6.07) is 28.4. The number of morpholine rings is 2. The van der Waals surface area contributed by atoms with E-state index in [0.29, 0.717) is 125 Å². The Morgan fingerprint density at radius 1 is 0.610 bits per heavy atom. The molecule has 4 saturated heterocycles. The molecule has 5 aliphatic rings. The largest absolute Gasteiger partial charge is 0.439 e. The van der Waals surface area contributed by atoms with Gasteiger partial charge in [-0.15, -0.1) is 5.06 Å². The lowest BCUT2D eigenvalue weighted by molar-refractivity contribution is 0.0691. The van der Waals surface area contributed by atoms with E-state index < -0.39 is 12.1 Å². The predicted molar refractivity (Wildman–Crippen MR) is 309 cm³/mol. The molecule has 4 aliphatic heterocycles. The van der Waals surface area contributed by atoms with Crippen molar-refractivity contribution >= 4 is 63.1 Å². The van der Waals surface area contributed by atoms with Gasteiger partial charge in [0.15, 0.2) is 22.9 Å². The molecule has 0 radical (unpaired) electrons. The molecule has 0 bridgehead atoms. The zero-order valence-electron chi connectivity index (χ0n) is 46.0. The summed E-state index contributed by atoms with van der Waals surface area (Å²) < 4.78 is 15.5. The van der Waals surface area contributed by atoms with Crippen LogP contribution in [0.5, 0.6) is 0 Å². The minimum atomic E-state index is -0.772. The fourth-order valence-electron chi connectivity index (χ4n) is 11.5. The molecule has 9 heterocycles. The van der Waals surface area contributed by atoms with Crippen molar-refractivity contribution in [2.75, 3.05) is 112 Å². The number of likely N-dealkylation sites (tertiary alicyclic amines) is 2. The van der Waals surface area contributed by atoms with Crippen molar-refractivity contribution in [1.82, 2.24) is 59.6 Å². The Morgan fingerprint density at radius 3 is 1.70 bits per heavy atom. The molecule has 8 aromatic rings. The first-order chi connectivity index (χ1) is 40.3. The summed E-state index contributed by atoms with van der Waals surface area (Å²) in [6.45, 7) is 9.52. The van der Waals surface area contributed by atoms with Crippen molar-refractivity contribution < 1.29 is 28.7 Å². The van der Waals surface area contributed by atoms with E-state index in [4.69, 9.17) is 44.4 Å². The molecule has 82 heavy (non-hydrogen) atoms. The number of hydroxylamine groups is 1. The number of aromatic nitrogens is 9. The van der Waals surface area contributed by atoms with Crippen LogP contribution < -0.4 is 25.1 Å². The van der Waals surface area contributed by atoms with Gasteiger partial charge in [0.25, 0.3) is 5.91 Å². The standard InChI is InChI=1S/C60H66N16O6/c1-69(46-15-11-43(12-16-46)52-65-55(72-30-34-81-35-31-72)51-39-64-75(57(51)67-52)48-21-26-73(27-22-48)58(77)45-8-5-23-61-37-45)60(79)82-76(59(78)62-36-41-9-10-41)49-17-13-44(14-18-49)53-66-54(71-28-32-80-33-29-71)50-38-63-74(56(50)68-53)47-19-24-70(25-20-47)40-42-6-3-2-4-7-42/h2-8,11-18,23,37-39,41,47-48H,9-10,19-22,24-36,40H2,1H3,(H,62,78). The van der Waals surface area contributed by atoms with Crippen molar-refractivity contribution in [3.8, 4) is 22.8 Å². The minimum Gasteiger partial charge on any atom is -0.378 e. The number of rotatable bonds is 13. The molecule has 422 valence electrons. The minimum absolute atomic E-state index is 0.0186. The number of urea groups is 1. The maximum Gasteiger partial charge on any atom is 0.439 e. The quantitative estimate of drug-likeness (QED) is 0.109. The van der Waals surface area contributed by atoms with Gasteiger partial charge in [-0.1, -0.05) is 30.3 Å². The van der Waals surface area contributed by atoms with E-state index >= 15 is 0 Å². The van der Waals surface area contributed by atoms with Gasteiger partial charge in [0.1, 0.15) is 11.6 Å². The summed E-state index contributed by atoms with van der Waals surface area (Å²) in [4.78, 5) is 82.4. The third kappa shape index (κ3) is 11.2. The number of nitrogens with zero attached hydrogens (tertiary/aromatic N) is 15. The van der Waals surface area contributed by atoms with Crippen molar-refractivity contribution in [2.24, 2.45) is 5.92 Å². The number of pyridine rings is 1. The van der Waals surface area contributed by atoms with Crippen LogP contribution in [-0.2, 0) is 20.9 Å². The van der Waals surface area contributed by atoms with Gasteiger partial charge < -0.3 is 34.3 Å². The summed E-state index contributed by atoms with van der Waals surface area (Å²) in [5, 5.41) is 15.6. The van der Waals surface area contributed by atoms with Gasteiger partial charge in [0.05, 0.1) is 72.9 Å². The Balaban J connectivity index is 0.733. The van der Waals surface area contributed by atoms with Crippen LogP contribution in [0.25, 0.3) is 44.8 Å². The summed E-state index contributed by atoms with van der Waals surface area (Å²) in [5.41, 5.74) is 5.72. The normalized spacial score (nSPS) is 17.5. The van der Waals surface area contributed by atoms with Gasteiger partial charge >= 0.3 is 12.1 Å². The number of piperidine rings is 2. The van der Waals surface area contributed by atoms with Crippen molar-refractivity contribution in [3.63, 3.8) is 0 Å². The van der Waals surface area contributed by atoms with E-state index in [0.717, 1.165) is 89.6 Å². The number of fused-ring (bicyclic) bond motifs is 2. The van der Waals surface area contributed by atoms with Crippen molar-refractivity contribution in [3.05, 3.63) is 127 Å². The number of amides is 4. The van der Waals surface area contributed by atoms with E-state index in [-0.39, 0.29) is 18.0 Å². The van der Waals surface area contributed by atoms with E-state index in [1.165, 1.54) is 10.5 Å². The summed E-state index contributed by atoms with van der Waals surface area (Å²) >= 11 is 0. The van der Waals surface area contributed by atoms with Gasteiger partial charge in [0, 0.05) is 102 Å². The number of benzene rings is 3. The monoisotopic (exact) mass is 1110 g/mol. The van der Waals surface area contributed by atoms with Crippen molar-refractivity contribution in [2.45, 2.75) is 57.2 Å². The lowest BCUT2D eigenvalue weighted by atomic mass is 10.0. The summed E-state index contributed by atoms with van der Waals surface area (Å²) in [7, 11) is 1.60. The number of hydrogen-bond donors (Lipinski definition) is 1. The molecule has 3 aromatic carbocycles. The third-order valence-corrected chi connectivity index (χ3v) is 16.4. The van der Waals surface area contributed by atoms with Gasteiger partial charge in [-0.3, -0.25) is 19.6 Å². The molecule has 4 amide bonds. The van der Waals surface area contributed by atoms with E-state index in [9.17, 15) is 14.4 Å². The molecule has 1 aliphatic carbocycles. The second kappa shape index (κ2) is 23.5. The Bertz CT molecular complexity index is 3530. The zero-order valence-corrected chi connectivity index (χ0v) is 46.0. The number of nitrogens with one attached hydrogen (secondary N) is 1. The fourth-order valence-corrected chi connectivity index (χ4v) is 11.5. The average Bonchev–Trinajstić information content (AvgIpc) is 4.28. The maximum atomic E-state index is 14.2. The Labute approximate surface area is 474 Å². The number of hydrogen-bond acceptors (Lipinski definition) is 16. The topological polar surface area (TPSA) is 210 Å². The Morgan fingerprint density at radius 2 is 1.16 bits per heavy atom. The van der Waals surface area contributed by atoms with Crippen LogP contribution in [0.4, 0.5) is 32.6 Å². The number of carbonyl (C=O) groups excluding carboxylic acids is 3. The highest BCUT2D eigenvalue weighted by Crippen LogP contribution is 2.36. The predicted octanol–water partition coefficient (Wildman–Crippen LogP) is 7.80. The first kappa shape index (κ1) is 52.8. The zero-order chi connectivity index (χ0) is 55.5. The number of ether oxygens (including phenoxy) is 2. The molecule has 22 heteroatoms. The summed E-state index contributed by atoms with van der Waals surface area (Å²) in [6.07, 6.45) is 11.6. The Hall–Kier alpha value is -8.60. The lowest BCUT2D eigenvalue weighted by Crippen LogP contribution is -2.44. The molecule has 1 saturated carbocycles. The first-order valence-corrected chi connectivity index (χ1v) is 28.6. The van der Waals surface area contributed by atoms with E-state index in [1.54, 1.807) is 55.8 Å². The number of carbonyl (C=O) groups is 3. The van der Waals surface area contributed by atoms with Gasteiger partial charge in [0.2, 0.25) is 0 Å². The molecule has 22 nitrogen and oxygen atoms in total. The van der Waals surface area contributed by atoms with E-state index in [1.807, 2.05) is 46.2 Å². The second-order valence-corrected chi connectivity index (χ2v) is 21.8. The molecule has 5 aromatic heterocycles.